The van der Waals surface area contributed by atoms with Crippen LogP contribution in [-0.4, -0.2) is 22.8 Å². The molecule has 9 atom stereocenters. The second-order valence-corrected chi connectivity index (χ2v) is 14.9. The van der Waals surface area contributed by atoms with Gasteiger partial charge < -0.3 is 9.84 Å². The van der Waals surface area contributed by atoms with Crippen molar-refractivity contribution in [3.63, 3.8) is 0 Å². The van der Waals surface area contributed by atoms with Crippen LogP contribution in [0.25, 0.3) is 0 Å². The first-order chi connectivity index (χ1) is 18.5. The summed E-state index contributed by atoms with van der Waals surface area (Å²) >= 11 is 0. The first-order valence-corrected chi connectivity index (χ1v) is 16.2. The quantitative estimate of drug-likeness (QED) is 0.267. The van der Waals surface area contributed by atoms with Gasteiger partial charge in [0.15, 0.2) is 0 Å². The SMILES string of the molecule is CC[C@]12CCC3[C@@H](CC=C4C[C@@](C)(O)CC[C@@]43C)[C@@H]1CC[C@@H]2[C@H](C)CC[C@H](OC(=O)c1ccccc1)C(C)C. The van der Waals surface area contributed by atoms with Crippen LogP contribution in [0.3, 0.4) is 0 Å². The van der Waals surface area contributed by atoms with E-state index in [1.54, 1.807) is 5.57 Å². The van der Waals surface area contributed by atoms with Crippen LogP contribution in [0.5, 0.6) is 0 Å². The molecule has 0 heterocycles. The molecule has 3 heteroatoms. The van der Waals surface area contributed by atoms with E-state index < -0.39 is 5.60 Å². The fourth-order valence-corrected chi connectivity index (χ4v) is 10.1. The highest BCUT2D eigenvalue weighted by Gasteiger charge is 2.60. The van der Waals surface area contributed by atoms with Crippen molar-refractivity contribution in [2.24, 2.45) is 46.3 Å². The maximum absolute atomic E-state index is 12.8. The third-order valence-corrected chi connectivity index (χ3v) is 12.4. The summed E-state index contributed by atoms with van der Waals surface area (Å²) < 4.78 is 6.05. The van der Waals surface area contributed by atoms with E-state index in [2.05, 4.69) is 40.7 Å². The summed E-state index contributed by atoms with van der Waals surface area (Å²) in [5.74, 6) is 3.99. The Morgan fingerprint density at radius 3 is 2.44 bits per heavy atom. The molecule has 216 valence electrons. The molecule has 3 nitrogen and oxygen atoms in total. The van der Waals surface area contributed by atoms with Gasteiger partial charge in [-0.1, -0.05) is 64.5 Å². The predicted molar refractivity (Wildman–Crippen MR) is 159 cm³/mol. The van der Waals surface area contributed by atoms with Crippen LogP contribution in [0, 0.1) is 46.3 Å². The molecule has 0 aliphatic heterocycles. The zero-order valence-electron chi connectivity index (χ0n) is 25.5. The molecule has 4 aliphatic rings. The standard InChI is InChI=1S/C36H54O3/c1-7-36-20-19-30-28(15-14-27-23-34(5,38)21-22-35(27,30)6)31(36)17-16-29(36)25(4)13-18-32(24(2)3)39-33(37)26-11-9-8-10-12-26/h8-12,14,24-25,28-32,38H,7,13,15-23H2,1-6H3/t25-,28-,29-,30?,31+,32+,34+,35+,36-/m1/s1. The van der Waals surface area contributed by atoms with Gasteiger partial charge in [-0.3, -0.25) is 0 Å². The number of benzene rings is 1. The Kier molecular flexibility index (Phi) is 8.15. The van der Waals surface area contributed by atoms with Crippen LogP contribution in [0.2, 0.25) is 0 Å². The lowest BCUT2D eigenvalue weighted by Gasteiger charge is -2.60. The maximum Gasteiger partial charge on any atom is 0.338 e. The summed E-state index contributed by atoms with van der Waals surface area (Å²) in [6.45, 7) is 13.9. The van der Waals surface area contributed by atoms with Gasteiger partial charge in [0.05, 0.1) is 11.2 Å². The first-order valence-electron chi connectivity index (χ1n) is 16.2. The van der Waals surface area contributed by atoms with Gasteiger partial charge in [-0.2, -0.15) is 0 Å². The Balaban J connectivity index is 1.27. The van der Waals surface area contributed by atoms with E-state index in [0.717, 1.165) is 55.8 Å². The number of carbonyl (C=O) groups excluding carboxylic acids is 1. The molecule has 1 unspecified atom stereocenters. The van der Waals surface area contributed by atoms with Crippen molar-refractivity contribution in [2.45, 2.75) is 124 Å². The van der Waals surface area contributed by atoms with Crippen LogP contribution < -0.4 is 0 Å². The molecule has 1 aromatic carbocycles. The van der Waals surface area contributed by atoms with Gasteiger partial charge in [-0.25, -0.2) is 4.79 Å². The van der Waals surface area contributed by atoms with Gasteiger partial charge in [0.25, 0.3) is 0 Å². The third-order valence-electron chi connectivity index (χ3n) is 12.4. The van der Waals surface area contributed by atoms with E-state index >= 15 is 0 Å². The summed E-state index contributed by atoms with van der Waals surface area (Å²) in [6, 6.07) is 9.44. The number of rotatable bonds is 8. The van der Waals surface area contributed by atoms with Gasteiger partial charge in [0.1, 0.15) is 6.10 Å². The third kappa shape index (κ3) is 5.27. The minimum Gasteiger partial charge on any atom is -0.459 e. The van der Waals surface area contributed by atoms with Crippen LogP contribution >= 0.6 is 0 Å². The second-order valence-electron chi connectivity index (χ2n) is 14.9. The zero-order chi connectivity index (χ0) is 28.0. The number of esters is 1. The van der Waals surface area contributed by atoms with Crippen molar-refractivity contribution < 1.29 is 14.6 Å². The molecule has 39 heavy (non-hydrogen) atoms. The molecule has 3 saturated carbocycles. The Labute approximate surface area is 238 Å². The summed E-state index contributed by atoms with van der Waals surface area (Å²) in [5, 5.41) is 10.8. The molecular formula is C36H54O3. The van der Waals surface area contributed by atoms with E-state index in [0.29, 0.717) is 28.2 Å². The monoisotopic (exact) mass is 534 g/mol. The minimum absolute atomic E-state index is 0.0315. The lowest BCUT2D eigenvalue weighted by Crippen LogP contribution is -2.52. The molecule has 0 radical (unpaired) electrons. The van der Waals surface area contributed by atoms with Gasteiger partial charge in [0, 0.05) is 0 Å². The van der Waals surface area contributed by atoms with Crippen molar-refractivity contribution in [2.75, 3.05) is 0 Å². The number of aliphatic hydroxyl groups is 1. The molecule has 0 spiro atoms. The number of carbonyl (C=O) groups is 1. The van der Waals surface area contributed by atoms with Crippen LogP contribution in [0.15, 0.2) is 42.0 Å². The smallest absolute Gasteiger partial charge is 0.338 e. The van der Waals surface area contributed by atoms with Crippen molar-refractivity contribution in [3.8, 4) is 0 Å². The fraction of sp³-hybridized carbons (Fsp3) is 0.750. The number of ether oxygens (including phenoxy) is 1. The van der Waals surface area contributed by atoms with Crippen molar-refractivity contribution in [3.05, 3.63) is 47.5 Å². The molecule has 1 aromatic rings. The molecule has 1 N–H and O–H groups in total. The highest BCUT2D eigenvalue weighted by Crippen LogP contribution is 2.68. The van der Waals surface area contributed by atoms with Crippen LogP contribution in [-0.2, 0) is 4.74 Å². The number of hydrogen-bond donors (Lipinski definition) is 1. The predicted octanol–water partition coefficient (Wildman–Crippen LogP) is 9.00. The maximum atomic E-state index is 12.8. The molecule has 0 amide bonds. The first kappa shape index (κ1) is 28.9. The van der Waals surface area contributed by atoms with Gasteiger partial charge in [0.2, 0.25) is 0 Å². The van der Waals surface area contributed by atoms with Crippen molar-refractivity contribution in [1.29, 1.82) is 0 Å². The van der Waals surface area contributed by atoms with Crippen LogP contribution in [0.1, 0.15) is 123 Å². The summed E-state index contributed by atoms with van der Waals surface area (Å²) in [6.07, 6.45) is 15.6. The normalized spacial score (nSPS) is 39.2. The number of fused-ring (bicyclic) bond motifs is 5. The minimum atomic E-state index is -0.517. The lowest BCUT2D eigenvalue weighted by atomic mass is 9.45. The molecule has 3 fully saturated rings. The van der Waals surface area contributed by atoms with E-state index in [9.17, 15) is 9.90 Å². The number of allylic oxidation sites excluding steroid dienone is 1. The zero-order valence-corrected chi connectivity index (χ0v) is 25.5. The lowest BCUT2D eigenvalue weighted by molar-refractivity contribution is -0.0795. The van der Waals surface area contributed by atoms with E-state index in [1.807, 2.05) is 37.3 Å². The average Bonchev–Trinajstić information content (AvgIpc) is 3.31. The van der Waals surface area contributed by atoms with Crippen molar-refractivity contribution >= 4 is 5.97 Å². The molecule has 0 bridgehead atoms. The highest BCUT2D eigenvalue weighted by molar-refractivity contribution is 5.89. The Bertz CT molecular complexity index is 1040. The molecule has 4 aliphatic carbocycles. The molecule has 0 aromatic heterocycles. The van der Waals surface area contributed by atoms with Crippen molar-refractivity contribution in [1.82, 2.24) is 0 Å². The second kappa shape index (κ2) is 11.0. The Morgan fingerprint density at radius 1 is 1.00 bits per heavy atom. The summed E-state index contributed by atoms with van der Waals surface area (Å²) in [5.41, 5.74) is 2.46. The number of hydrogen-bond acceptors (Lipinski definition) is 3. The van der Waals surface area contributed by atoms with Gasteiger partial charge in [-0.05, 0) is 136 Å². The van der Waals surface area contributed by atoms with Gasteiger partial charge >= 0.3 is 5.97 Å². The average molecular weight is 535 g/mol. The molecule has 0 saturated heterocycles. The van der Waals surface area contributed by atoms with E-state index in [4.69, 9.17) is 4.74 Å². The Hall–Kier alpha value is -1.61. The van der Waals surface area contributed by atoms with E-state index in [-0.39, 0.29) is 12.1 Å². The summed E-state index contributed by atoms with van der Waals surface area (Å²) in [7, 11) is 0. The van der Waals surface area contributed by atoms with Crippen LogP contribution in [0.4, 0.5) is 0 Å². The van der Waals surface area contributed by atoms with E-state index in [1.165, 1.54) is 38.5 Å². The summed E-state index contributed by atoms with van der Waals surface area (Å²) in [4.78, 5) is 12.8. The van der Waals surface area contributed by atoms with Gasteiger partial charge in [-0.15, -0.1) is 0 Å². The molecule has 5 rings (SSSR count). The topological polar surface area (TPSA) is 46.5 Å². The highest BCUT2D eigenvalue weighted by atomic mass is 16.5. The largest absolute Gasteiger partial charge is 0.459 e. The molecular weight excluding hydrogens is 480 g/mol. The Morgan fingerprint density at radius 2 is 1.74 bits per heavy atom. The fourth-order valence-electron chi connectivity index (χ4n) is 10.1.